The van der Waals surface area contributed by atoms with Crippen LogP contribution in [0.3, 0.4) is 0 Å². The molecule has 0 amide bonds. The molecule has 15 heavy (non-hydrogen) atoms. The number of azide groups is 1. The van der Waals surface area contributed by atoms with Crippen LogP contribution >= 0.6 is 11.6 Å². The summed E-state index contributed by atoms with van der Waals surface area (Å²) in [5.74, 6) is 0.217. The van der Waals surface area contributed by atoms with Gasteiger partial charge in [-0.3, -0.25) is 4.98 Å². The summed E-state index contributed by atoms with van der Waals surface area (Å²) in [5, 5.41) is 7.46. The second kappa shape index (κ2) is 4.00. The Balaban J connectivity index is 2.48. The van der Waals surface area contributed by atoms with Gasteiger partial charge in [0.25, 0.3) is 0 Å². The van der Waals surface area contributed by atoms with Crippen molar-refractivity contribution in [2.75, 3.05) is 0 Å². The van der Waals surface area contributed by atoms with Crippen LogP contribution in [0.5, 0.6) is 0 Å². The fraction of sp³-hybridized carbons (Fsp3) is 0. The number of hydrogen-bond acceptors (Lipinski definition) is 4. The van der Waals surface area contributed by atoms with Crippen LogP contribution in [0.4, 0.5) is 5.82 Å². The van der Waals surface area contributed by atoms with Gasteiger partial charge >= 0.3 is 0 Å². The van der Waals surface area contributed by atoms with Crippen molar-refractivity contribution in [3.8, 4) is 11.3 Å². The van der Waals surface area contributed by atoms with Crippen molar-refractivity contribution in [2.45, 2.75) is 0 Å². The van der Waals surface area contributed by atoms with Crippen molar-refractivity contribution in [1.29, 1.82) is 0 Å². The summed E-state index contributed by atoms with van der Waals surface area (Å²) in [6, 6.07) is 3.13. The quantitative estimate of drug-likeness (QED) is 0.443. The highest BCUT2D eigenvalue weighted by molar-refractivity contribution is 6.33. The molecular formula is C8H4ClN5O. The minimum absolute atomic E-state index is 0.217. The highest BCUT2D eigenvalue weighted by Gasteiger charge is 2.07. The van der Waals surface area contributed by atoms with Crippen molar-refractivity contribution in [3.05, 3.63) is 40.1 Å². The van der Waals surface area contributed by atoms with Crippen LogP contribution < -0.4 is 0 Å². The summed E-state index contributed by atoms with van der Waals surface area (Å²) in [4.78, 5) is 6.51. The predicted molar refractivity (Wildman–Crippen MR) is 53.6 cm³/mol. The van der Waals surface area contributed by atoms with Crippen molar-refractivity contribution in [1.82, 2.24) is 10.1 Å². The zero-order valence-corrected chi connectivity index (χ0v) is 8.09. The number of nitrogens with zero attached hydrogens (tertiary/aromatic N) is 5. The van der Waals surface area contributed by atoms with Gasteiger partial charge in [-0.2, -0.15) is 0 Å². The molecule has 0 fully saturated rings. The van der Waals surface area contributed by atoms with Crippen LogP contribution in [-0.2, 0) is 0 Å². The van der Waals surface area contributed by atoms with Gasteiger partial charge in [-0.25, -0.2) is 0 Å². The Kier molecular flexibility index (Phi) is 2.53. The maximum Gasteiger partial charge on any atom is 0.128 e. The van der Waals surface area contributed by atoms with E-state index in [-0.39, 0.29) is 5.82 Å². The van der Waals surface area contributed by atoms with Crippen LogP contribution in [0.25, 0.3) is 21.7 Å². The lowest BCUT2D eigenvalue weighted by Crippen LogP contribution is -1.81. The smallest absolute Gasteiger partial charge is 0.128 e. The van der Waals surface area contributed by atoms with Crippen LogP contribution in [-0.4, -0.2) is 10.1 Å². The lowest BCUT2D eigenvalue weighted by molar-refractivity contribution is 0.422. The van der Waals surface area contributed by atoms with E-state index in [4.69, 9.17) is 17.1 Å². The molecule has 2 aromatic heterocycles. The third-order valence-electron chi connectivity index (χ3n) is 1.70. The van der Waals surface area contributed by atoms with E-state index in [1.54, 1.807) is 6.07 Å². The largest absolute Gasteiger partial charge is 0.364 e. The highest BCUT2D eigenvalue weighted by atomic mass is 35.5. The van der Waals surface area contributed by atoms with Gasteiger partial charge in [0.15, 0.2) is 0 Å². The summed E-state index contributed by atoms with van der Waals surface area (Å²) < 4.78 is 4.68. The molecule has 2 aromatic rings. The fourth-order valence-electron chi connectivity index (χ4n) is 1.06. The summed E-state index contributed by atoms with van der Waals surface area (Å²) in [6.07, 6.45) is 2.91. The molecule has 0 radical (unpaired) electrons. The second-order valence-electron chi connectivity index (χ2n) is 2.60. The minimum Gasteiger partial charge on any atom is -0.364 e. The first-order valence-electron chi connectivity index (χ1n) is 3.92. The third-order valence-corrected chi connectivity index (χ3v) is 2.01. The standard InChI is InChI=1S/C8H4ClN5O/c9-6-3-8(12-14-10)11-4-5(6)7-1-2-15-13-7/h1-4H. The number of pyridine rings is 1. The van der Waals surface area contributed by atoms with Crippen LogP contribution in [0.2, 0.25) is 5.02 Å². The van der Waals surface area contributed by atoms with Gasteiger partial charge in [0.2, 0.25) is 0 Å². The van der Waals surface area contributed by atoms with E-state index in [0.717, 1.165) is 0 Å². The first-order chi connectivity index (χ1) is 7.31. The Morgan fingerprint density at radius 3 is 3.00 bits per heavy atom. The molecule has 2 heterocycles. The average Bonchev–Trinajstić information content (AvgIpc) is 2.71. The van der Waals surface area contributed by atoms with Crippen LogP contribution in [0, 0.1) is 0 Å². The number of aromatic nitrogens is 2. The summed E-state index contributed by atoms with van der Waals surface area (Å²) in [7, 11) is 0. The molecule has 2 rings (SSSR count). The Labute approximate surface area is 89.1 Å². The maximum atomic E-state index is 8.21. The third kappa shape index (κ3) is 1.90. The van der Waals surface area contributed by atoms with Gasteiger partial charge in [0, 0.05) is 22.7 Å². The Bertz CT molecular complexity index is 518. The zero-order chi connectivity index (χ0) is 10.7. The molecule has 6 nitrogen and oxygen atoms in total. The Hall–Kier alpha value is -2.04. The Morgan fingerprint density at radius 2 is 2.40 bits per heavy atom. The molecule has 0 bridgehead atoms. The van der Waals surface area contributed by atoms with E-state index < -0.39 is 0 Å². The van der Waals surface area contributed by atoms with E-state index in [2.05, 4.69) is 24.7 Å². The number of rotatable bonds is 2. The van der Waals surface area contributed by atoms with Gasteiger partial charge in [-0.05, 0) is 16.7 Å². The van der Waals surface area contributed by atoms with Gasteiger partial charge in [-0.15, -0.1) is 0 Å². The van der Waals surface area contributed by atoms with E-state index in [9.17, 15) is 0 Å². The van der Waals surface area contributed by atoms with E-state index in [1.807, 2.05) is 0 Å². The van der Waals surface area contributed by atoms with Crippen molar-refractivity contribution in [3.63, 3.8) is 0 Å². The molecule has 0 aromatic carbocycles. The first-order valence-corrected chi connectivity index (χ1v) is 4.30. The predicted octanol–water partition coefficient (Wildman–Crippen LogP) is 3.33. The summed E-state index contributed by atoms with van der Waals surface area (Å²) in [5.41, 5.74) is 9.42. The molecule has 0 atom stereocenters. The molecule has 0 spiro atoms. The van der Waals surface area contributed by atoms with E-state index in [0.29, 0.717) is 16.3 Å². The summed E-state index contributed by atoms with van der Waals surface area (Å²) in [6.45, 7) is 0. The molecule has 7 heteroatoms. The maximum absolute atomic E-state index is 8.21. The number of halogens is 1. The molecule has 0 aliphatic rings. The van der Waals surface area contributed by atoms with Crippen molar-refractivity contribution in [2.24, 2.45) is 5.11 Å². The molecule has 0 saturated carbocycles. The lowest BCUT2D eigenvalue weighted by atomic mass is 10.2. The van der Waals surface area contributed by atoms with Gasteiger partial charge < -0.3 is 4.52 Å². The molecule has 74 valence electrons. The lowest BCUT2D eigenvalue weighted by Gasteiger charge is -1.99. The van der Waals surface area contributed by atoms with Crippen molar-refractivity contribution < 1.29 is 4.52 Å². The second-order valence-corrected chi connectivity index (χ2v) is 3.00. The van der Waals surface area contributed by atoms with Gasteiger partial charge in [-0.1, -0.05) is 16.8 Å². The normalized spacial score (nSPS) is 9.67. The average molecular weight is 222 g/mol. The van der Waals surface area contributed by atoms with Crippen molar-refractivity contribution >= 4 is 17.4 Å². The highest BCUT2D eigenvalue weighted by Crippen LogP contribution is 2.28. The number of hydrogen-bond donors (Lipinski definition) is 0. The topological polar surface area (TPSA) is 87.7 Å². The summed E-state index contributed by atoms with van der Waals surface area (Å²) >= 11 is 5.95. The monoisotopic (exact) mass is 221 g/mol. The molecular weight excluding hydrogens is 218 g/mol. The first kappa shape index (κ1) is 9.51. The molecule has 0 saturated heterocycles. The van der Waals surface area contributed by atoms with E-state index in [1.165, 1.54) is 18.5 Å². The molecule has 0 aliphatic heterocycles. The minimum atomic E-state index is 0.217. The van der Waals surface area contributed by atoms with Gasteiger partial charge in [0.05, 0.1) is 5.02 Å². The SMILES string of the molecule is [N-]=[N+]=Nc1cc(Cl)c(-c2ccon2)cn1. The fourth-order valence-corrected chi connectivity index (χ4v) is 1.30. The molecule has 0 N–H and O–H groups in total. The Morgan fingerprint density at radius 1 is 1.53 bits per heavy atom. The zero-order valence-electron chi connectivity index (χ0n) is 7.33. The van der Waals surface area contributed by atoms with Gasteiger partial charge in [0.1, 0.15) is 17.8 Å². The molecule has 0 aliphatic carbocycles. The molecule has 0 unspecified atom stereocenters. The van der Waals surface area contributed by atoms with Crippen LogP contribution in [0.1, 0.15) is 0 Å². The van der Waals surface area contributed by atoms with E-state index >= 15 is 0 Å². The van der Waals surface area contributed by atoms with Crippen LogP contribution in [0.15, 0.2) is 34.2 Å².